The first kappa shape index (κ1) is 16.8. The monoisotopic (exact) mass is 264 g/mol. The van der Waals surface area contributed by atoms with Gasteiger partial charge < -0.3 is 25.5 Å². The Morgan fingerprint density at radius 2 is 1.50 bits per heavy atom. The summed E-state index contributed by atoms with van der Waals surface area (Å²) in [4.78, 5) is 21.6. The summed E-state index contributed by atoms with van der Waals surface area (Å²) >= 11 is 0. The second-order valence-electron chi connectivity index (χ2n) is 4.50. The van der Waals surface area contributed by atoms with Crippen LogP contribution in [0.1, 0.15) is 19.8 Å². The van der Waals surface area contributed by atoms with Gasteiger partial charge in [0.2, 0.25) is 0 Å². The number of carboxylic acid groups (broad SMARTS) is 2. The standard InChI is InChI=1S/C11H20O7/c1-7(11(4-12,5-13)6-14)8(10(17)18)2-3-9(15)16/h7-8,12-14H,2-6H2,1H3,(H,15,16)(H,17,18). The van der Waals surface area contributed by atoms with E-state index in [1.165, 1.54) is 6.92 Å². The van der Waals surface area contributed by atoms with Gasteiger partial charge in [0.25, 0.3) is 0 Å². The summed E-state index contributed by atoms with van der Waals surface area (Å²) in [7, 11) is 0. The van der Waals surface area contributed by atoms with Gasteiger partial charge in [0, 0.05) is 11.8 Å². The van der Waals surface area contributed by atoms with Crippen molar-refractivity contribution in [1.82, 2.24) is 0 Å². The highest BCUT2D eigenvalue weighted by Gasteiger charge is 2.41. The molecule has 0 aliphatic carbocycles. The lowest BCUT2D eigenvalue weighted by Crippen LogP contribution is -2.45. The first-order valence-electron chi connectivity index (χ1n) is 5.61. The van der Waals surface area contributed by atoms with Crippen LogP contribution in [0.2, 0.25) is 0 Å². The number of aliphatic hydroxyl groups is 3. The van der Waals surface area contributed by atoms with Crippen LogP contribution in [0.5, 0.6) is 0 Å². The van der Waals surface area contributed by atoms with Gasteiger partial charge in [0.1, 0.15) is 0 Å². The van der Waals surface area contributed by atoms with Crippen molar-refractivity contribution in [3.05, 3.63) is 0 Å². The zero-order valence-electron chi connectivity index (χ0n) is 10.2. The molecule has 0 saturated heterocycles. The van der Waals surface area contributed by atoms with Gasteiger partial charge in [-0.15, -0.1) is 0 Å². The fraction of sp³-hybridized carbons (Fsp3) is 0.818. The molecule has 5 N–H and O–H groups in total. The van der Waals surface area contributed by atoms with Crippen molar-refractivity contribution in [2.24, 2.45) is 17.3 Å². The molecular weight excluding hydrogens is 244 g/mol. The van der Waals surface area contributed by atoms with Crippen molar-refractivity contribution in [1.29, 1.82) is 0 Å². The molecular formula is C11H20O7. The average Bonchev–Trinajstić information content (AvgIpc) is 2.31. The van der Waals surface area contributed by atoms with Crippen molar-refractivity contribution < 1.29 is 35.1 Å². The zero-order valence-corrected chi connectivity index (χ0v) is 10.2. The van der Waals surface area contributed by atoms with Crippen LogP contribution in [0.4, 0.5) is 0 Å². The third-order valence-corrected chi connectivity index (χ3v) is 3.50. The molecule has 2 unspecified atom stereocenters. The highest BCUT2D eigenvalue weighted by Crippen LogP contribution is 2.34. The van der Waals surface area contributed by atoms with Gasteiger partial charge in [0.05, 0.1) is 25.7 Å². The highest BCUT2D eigenvalue weighted by atomic mass is 16.4. The fourth-order valence-corrected chi connectivity index (χ4v) is 1.88. The summed E-state index contributed by atoms with van der Waals surface area (Å²) in [6.45, 7) is -0.239. The number of hydrogen-bond acceptors (Lipinski definition) is 5. The number of carboxylic acids is 2. The van der Waals surface area contributed by atoms with E-state index in [0.29, 0.717) is 0 Å². The van der Waals surface area contributed by atoms with Crippen LogP contribution in [0, 0.1) is 17.3 Å². The maximum absolute atomic E-state index is 11.1. The Labute approximate surface area is 105 Å². The lowest BCUT2D eigenvalue weighted by atomic mass is 9.70. The fourth-order valence-electron chi connectivity index (χ4n) is 1.88. The predicted octanol–water partition coefficient (Wildman–Crippen LogP) is -0.849. The number of carbonyl (C=O) groups is 2. The summed E-state index contributed by atoms with van der Waals surface area (Å²) in [5, 5.41) is 45.3. The third kappa shape index (κ3) is 3.94. The van der Waals surface area contributed by atoms with Gasteiger partial charge in [-0.1, -0.05) is 6.92 Å². The molecule has 7 nitrogen and oxygen atoms in total. The van der Waals surface area contributed by atoms with E-state index in [0.717, 1.165) is 0 Å². The topological polar surface area (TPSA) is 135 Å². The zero-order chi connectivity index (χ0) is 14.3. The van der Waals surface area contributed by atoms with Crippen LogP contribution in [-0.2, 0) is 9.59 Å². The molecule has 0 aromatic rings. The largest absolute Gasteiger partial charge is 0.481 e. The smallest absolute Gasteiger partial charge is 0.306 e. The van der Waals surface area contributed by atoms with E-state index in [2.05, 4.69) is 0 Å². The molecule has 7 heteroatoms. The summed E-state index contributed by atoms with van der Waals surface area (Å²) in [6.07, 6.45) is -0.437. The van der Waals surface area contributed by atoms with Crippen molar-refractivity contribution in [3.8, 4) is 0 Å². The van der Waals surface area contributed by atoms with Crippen LogP contribution in [-0.4, -0.2) is 57.3 Å². The third-order valence-electron chi connectivity index (χ3n) is 3.50. The minimum atomic E-state index is -1.33. The highest BCUT2D eigenvalue weighted by molar-refractivity contribution is 5.72. The Balaban J connectivity index is 4.98. The molecule has 0 bridgehead atoms. The van der Waals surface area contributed by atoms with E-state index in [-0.39, 0.29) is 12.8 Å². The van der Waals surface area contributed by atoms with Gasteiger partial charge in [-0.3, -0.25) is 9.59 Å². The molecule has 0 heterocycles. The second kappa shape index (κ2) is 7.30. The molecule has 0 aliphatic rings. The van der Waals surface area contributed by atoms with Crippen LogP contribution in [0.25, 0.3) is 0 Å². The first-order chi connectivity index (χ1) is 8.34. The molecule has 2 atom stereocenters. The van der Waals surface area contributed by atoms with Crippen LogP contribution in [0.3, 0.4) is 0 Å². The van der Waals surface area contributed by atoms with Gasteiger partial charge in [-0.25, -0.2) is 0 Å². The Hall–Kier alpha value is -1.18. The van der Waals surface area contributed by atoms with Crippen LogP contribution >= 0.6 is 0 Å². The molecule has 0 saturated carbocycles. The summed E-state index contributed by atoms with van der Waals surface area (Å²) < 4.78 is 0. The minimum absolute atomic E-state index is 0.117. The van der Waals surface area contributed by atoms with E-state index < -0.39 is 49.0 Å². The van der Waals surface area contributed by atoms with E-state index in [9.17, 15) is 24.9 Å². The lowest BCUT2D eigenvalue weighted by molar-refractivity contribution is -0.149. The van der Waals surface area contributed by atoms with Gasteiger partial charge >= 0.3 is 11.9 Å². The molecule has 0 amide bonds. The number of rotatable bonds is 9. The normalized spacial score (nSPS) is 15.1. The quantitative estimate of drug-likeness (QED) is 0.366. The Morgan fingerprint density at radius 3 is 1.78 bits per heavy atom. The van der Waals surface area contributed by atoms with Gasteiger partial charge in [0.15, 0.2) is 0 Å². The molecule has 0 rings (SSSR count). The summed E-state index contributed by atoms with van der Waals surface area (Å²) in [5.74, 6) is -4.12. The second-order valence-corrected chi connectivity index (χ2v) is 4.50. The number of hydrogen-bond donors (Lipinski definition) is 5. The SMILES string of the molecule is CC(C(CCC(=O)O)C(=O)O)C(CO)(CO)CO. The molecule has 0 radical (unpaired) electrons. The summed E-state index contributed by atoms with van der Waals surface area (Å²) in [6, 6.07) is 0. The maximum atomic E-state index is 11.1. The van der Waals surface area contributed by atoms with Crippen LogP contribution < -0.4 is 0 Å². The Kier molecular flexibility index (Phi) is 6.82. The minimum Gasteiger partial charge on any atom is -0.481 e. The van der Waals surface area contributed by atoms with Crippen molar-refractivity contribution in [2.45, 2.75) is 19.8 Å². The number of aliphatic carboxylic acids is 2. The molecule has 0 spiro atoms. The first-order valence-corrected chi connectivity index (χ1v) is 5.61. The number of aliphatic hydroxyl groups excluding tert-OH is 3. The maximum Gasteiger partial charge on any atom is 0.306 e. The molecule has 0 aliphatic heterocycles. The summed E-state index contributed by atoms with van der Waals surface area (Å²) in [5.41, 5.74) is -1.33. The van der Waals surface area contributed by atoms with Crippen molar-refractivity contribution in [3.63, 3.8) is 0 Å². The predicted molar refractivity (Wildman–Crippen MR) is 60.9 cm³/mol. The van der Waals surface area contributed by atoms with Crippen molar-refractivity contribution >= 4 is 11.9 Å². The molecule has 106 valence electrons. The molecule has 0 fully saturated rings. The molecule has 18 heavy (non-hydrogen) atoms. The van der Waals surface area contributed by atoms with E-state index in [4.69, 9.17) is 10.2 Å². The van der Waals surface area contributed by atoms with E-state index in [1.54, 1.807) is 0 Å². The van der Waals surface area contributed by atoms with Gasteiger partial charge in [-0.2, -0.15) is 0 Å². The Morgan fingerprint density at radius 1 is 1.06 bits per heavy atom. The van der Waals surface area contributed by atoms with Crippen molar-refractivity contribution in [2.75, 3.05) is 19.8 Å². The Bertz CT molecular complexity index is 277. The molecule has 0 aromatic heterocycles. The van der Waals surface area contributed by atoms with E-state index in [1.807, 2.05) is 0 Å². The van der Waals surface area contributed by atoms with Crippen LogP contribution in [0.15, 0.2) is 0 Å². The van der Waals surface area contributed by atoms with Gasteiger partial charge in [-0.05, 0) is 12.3 Å². The lowest BCUT2D eigenvalue weighted by Gasteiger charge is -2.37. The van der Waals surface area contributed by atoms with E-state index >= 15 is 0 Å². The molecule has 0 aromatic carbocycles. The average molecular weight is 264 g/mol.